The van der Waals surface area contributed by atoms with Crippen LogP contribution in [0.4, 0.5) is 5.82 Å². The van der Waals surface area contributed by atoms with Gasteiger partial charge < -0.3 is 9.64 Å². The van der Waals surface area contributed by atoms with Gasteiger partial charge in [-0.3, -0.25) is 0 Å². The number of ether oxygens (including phenoxy) is 1. The van der Waals surface area contributed by atoms with Crippen LogP contribution in [0.5, 0.6) is 0 Å². The lowest BCUT2D eigenvalue weighted by Gasteiger charge is -2.33. The number of fused-ring (bicyclic) bond motifs is 3. The van der Waals surface area contributed by atoms with Gasteiger partial charge in [-0.2, -0.15) is 0 Å². The van der Waals surface area contributed by atoms with Gasteiger partial charge in [0.15, 0.2) is 0 Å². The Morgan fingerprint density at radius 3 is 2.70 bits per heavy atom. The molecule has 0 spiro atoms. The van der Waals surface area contributed by atoms with Crippen molar-refractivity contribution in [1.29, 1.82) is 0 Å². The second-order valence-corrected chi connectivity index (χ2v) is 5.92. The fraction of sp³-hybridized carbons (Fsp3) is 0.438. The molecule has 0 N–H and O–H groups in total. The molecule has 0 radical (unpaired) electrons. The van der Waals surface area contributed by atoms with Crippen LogP contribution in [0.15, 0.2) is 30.3 Å². The van der Waals surface area contributed by atoms with Crippen LogP contribution in [0.3, 0.4) is 0 Å². The normalized spacial score (nSPS) is 25.4. The van der Waals surface area contributed by atoms with Crippen molar-refractivity contribution in [2.45, 2.75) is 30.9 Å². The van der Waals surface area contributed by atoms with Crippen molar-refractivity contribution in [2.75, 3.05) is 18.0 Å². The summed E-state index contributed by atoms with van der Waals surface area (Å²) >= 11 is 6.12. The molecule has 20 heavy (non-hydrogen) atoms. The zero-order valence-corrected chi connectivity index (χ0v) is 12.0. The van der Waals surface area contributed by atoms with Gasteiger partial charge in [-0.05, 0) is 30.5 Å². The minimum atomic E-state index is 0.376. The van der Waals surface area contributed by atoms with Gasteiger partial charge in [0, 0.05) is 24.4 Å². The number of morpholine rings is 1. The number of aromatic nitrogens is 1. The van der Waals surface area contributed by atoms with Crippen molar-refractivity contribution >= 4 is 28.3 Å². The van der Waals surface area contributed by atoms with Crippen LogP contribution < -0.4 is 4.90 Å². The van der Waals surface area contributed by atoms with Gasteiger partial charge in [0.25, 0.3) is 0 Å². The highest BCUT2D eigenvalue weighted by atomic mass is 35.5. The van der Waals surface area contributed by atoms with Gasteiger partial charge in [0.2, 0.25) is 0 Å². The molecule has 2 unspecified atom stereocenters. The Morgan fingerprint density at radius 2 is 1.95 bits per heavy atom. The monoisotopic (exact) mass is 288 g/mol. The average Bonchev–Trinajstić information content (AvgIpc) is 2.84. The van der Waals surface area contributed by atoms with Crippen molar-refractivity contribution in [3.05, 3.63) is 35.9 Å². The summed E-state index contributed by atoms with van der Waals surface area (Å²) in [5.74, 6) is 1.56. The van der Waals surface area contributed by atoms with E-state index in [0.29, 0.717) is 18.1 Å². The van der Waals surface area contributed by atoms with Gasteiger partial charge >= 0.3 is 0 Å². The molecular formula is C16H17ClN2O. The second kappa shape index (κ2) is 4.90. The average molecular weight is 289 g/mol. The molecule has 1 aromatic heterocycles. The number of para-hydroxylation sites is 1. The van der Waals surface area contributed by atoms with Gasteiger partial charge in [-0.25, -0.2) is 4.98 Å². The summed E-state index contributed by atoms with van der Waals surface area (Å²) in [6, 6.07) is 10.4. The lowest BCUT2D eigenvalue weighted by Crippen LogP contribution is -2.43. The molecule has 104 valence electrons. The smallest absolute Gasteiger partial charge is 0.129 e. The van der Waals surface area contributed by atoms with Crippen LogP contribution in [0.1, 0.15) is 18.4 Å². The molecule has 2 atom stereocenters. The SMILES string of the molecule is ClCc1cc(N2CC3CCC(C2)O3)nc2ccccc12. The van der Waals surface area contributed by atoms with Crippen molar-refractivity contribution in [3.8, 4) is 0 Å². The molecule has 4 heteroatoms. The zero-order valence-electron chi connectivity index (χ0n) is 11.3. The fourth-order valence-corrected chi connectivity index (χ4v) is 3.53. The predicted octanol–water partition coefficient (Wildman–Crippen LogP) is 3.34. The molecule has 0 amide bonds. The molecule has 2 aliphatic rings. The molecule has 0 aliphatic carbocycles. The first kappa shape index (κ1) is 12.4. The molecule has 2 saturated heterocycles. The molecule has 2 fully saturated rings. The number of nitrogens with zero attached hydrogens (tertiary/aromatic N) is 2. The maximum Gasteiger partial charge on any atom is 0.129 e. The number of hydrogen-bond donors (Lipinski definition) is 0. The largest absolute Gasteiger partial charge is 0.371 e. The number of pyridine rings is 1. The van der Waals surface area contributed by atoms with Crippen molar-refractivity contribution in [2.24, 2.45) is 0 Å². The third-order valence-electron chi connectivity index (χ3n) is 4.30. The zero-order chi connectivity index (χ0) is 13.5. The van der Waals surface area contributed by atoms with E-state index >= 15 is 0 Å². The maximum atomic E-state index is 6.12. The maximum absolute atomic E-state index is 6.12. The number of anilines is 1. The Morgan fingerprint density at radius 1 is 1.20 bits per heavy atom. The molecule has 3 nitrogen and oxygen atoms in total. The molecule has 1 aromatic carbocycles. The van der Waals surface area contributed by atoms with E-state index in [9.17, 15) is 0 Å². The number of alkyl halides is 1. The summed E-state index contributed by atoms with van der Waals surface area (Å²) in [6.07, 6.45) is 3.11. The van der Waals surface area contributed by atoms with Gasteiger partial charge in [0.05, 0.1) is 17.7 Å². The topological polar surface area (TPSA) is 25.4 Å². The highest BCUT2D eigenvalue weighted by Gasteiger charge is 2.34. The van der Waals surface area contributed by atoms with Crippen molar-refractivity contribution in [1.82, 2.24) is 4.98 Å². The van der Waals surface area contributed by atoms with Gasteiger partial charge in [0.1, 0.15) is 5.82 Å². The van der Waals surface area contributed by atoms with Crippen molar-refractivity contribution in [3.63, 3.8) is 0 Å². The Labute approximate surface area is 123 Å². The highest BCUT2D eigenvalue weighted by Crippen LogP contribution is 2.31. The van der Waals surface area contributed by atoms with E-state index < -0.39 is 0 Å². The molecule has 2 aliphatic heterocycles. The first-order chi connectivity index (χ1) is 9.83. The minimum absolute atomic E-state index is 0.376. The summed E-state index contributed by atoms with van der Waals surface area (Å²) in [5, 5.41) is 1.16. The summed E-state index contributed by atoms with van der Waals surface area (Å²) in [7, 11) is 0. The molecule has 3 heterocycles. The van der Waals surface area contributed by atoms with Crippen LogP contribution in [0.25, 0.3) is 10.9 Å². The fourth-order valence-electron chi connectivity index (χ4n) is 3.31. The first-order valence-corrected chi connectivity index (χ1v) is 7.72. The van der Waals surface area contributed by atoms with Crippen LogP contribution in [-0.4, -0.2) is 30.3 Å². The number of benzene rings is 1. The van der Waals surface area contributed by atoms with Gasteiger partial charge in [-0.15, -0.1) is 11.6 Å². The molecular weight excluding hydrogens is 272 g/mol. The first-order valence-electron chi connectivity index (χ1n) is 7.18. The van der Waals surface area contributed by atoms with E-state index in [0.717, 1.165) is 35.4 Å². The molecule has 2 bridgehead atoms. The van der Waals surface area contributed by atoms with E-state index in [2.05, 4.69) is 23.1 Å². The highest BCUT2D eigenvalue weighted by molar-refractivity contribution is 6.18. The summed E-state index contributed by atoms with van der Waals surface area (Å²) in [6.45, 7) is 1.90. The summed E-state index contributed by atoms with van der Waals surface area (Å²) in [5.41, 5.74) is 2.19. The van der Waals surface area contributed by atoms with Crippen LogP contribution in [-0.2, 0) is 10.6 Å². The summed E-state index contributed by atoms with van der Waals surface area (Å²) < 4.78 is 5.90. The van der Waals surface area contributed by atoms with E-state index in [1.54, 1.807) is 0 Å². The van der Waals surface area contributed by atoms with Gasteiger partial charge in [-0.1, -0.05) is 18.2 Å². The Balaban J connectivity index is 1.76. The quantitative estimate of drug-likeness (QED) is 0.793. The Kier molecular flexibility index (Phi) is 3.04. The third-order valence-corrected chi connectivity index (χ3v) is 4.59. The van der Waals surface area contributed by atoms with E-state index in [1.165, 1.54) is 12.8 Å². The van der Waals surface area contributed by atoms with E-state index in [-0.39, 0.29) is 0 Å². The molecule has 2 aromatic rings. The second-order valence-electron chi connectivity index (χ2n) is 5.65. The molecule has 0 saturated carbocycles. The standard InChI is InChI=1S/C16H17ClN2O/c17-8-11-7-16(18-15-4-2-1-3-14(11)15)19-9-12-5-6-13(10-19)20-12/h1-4,7,12-13H,5-6,8-10H2. The van der Waals surface area contributed by atoms with Crippen LogP contribution >= 0.6 is 11.6 Å². The lowest BCUT2D eigenvalue weighted by atomic mass is 10.1. The number of rotatable bonds is 2. The Bertz CT molecular complexity index is 633. The third kappa shape index (κ3) is 2.05. The summed E-state index contributed by atoms with van der Waals surface area (Å²) in [4.78, 5) is 7.17. The Hall–Kier alpha value is -1.32. The van der Waals surface area contributed by atoms with Crippen molar-refractivity contribution < 1.29 is 4.74 Å². The van der Waals surface area contributed by atoms with Crippen LogP contribution in [0.2, 0.25) is 0 Å². The molecule has 4 rings (SSSR count). The van der Waals surface area contributed by atoms with Crippen LogP contribution in [0, 0.1) is 0 Å². The number of halogens is 1. The predicted molar refractivity (Wildman–Crippen MR) is 81.4 cm³/mol. The number of hydrogen-bond acceptors (Lipinski definition) is 3. The lowest BCUT2D eigenvalue weighted by molar-refractivity contribution is 0.0302. The minimum Gasteiger partial charge on any atom is -0.371 e. The van der Waals surface area contributed by atoms with E-state index in [4.69, 9.17) is 21.3 Å². The van der Waals surface area contributed by atoms with E-state index in [1.807, 2.05) is 12.1 Å².